The average Bonchev–Trinajstić information content (AvgIpc) is 3.51. The van der Waals surface area contributed by atoms with Crippen molar-refractivity contribution in [2.24, 2.45) is 7.05 Å². The molecule has 2 unspecified atom stereocenters. The molecule has 9 heteroatoms. The molecule has 37 heavy (non-hydrogen) atoms. The number of piperazine rings is 1. The van der Waals surface area contributed by atoms with Crippen molar-refractivity contribution in [3.8, 4) is 40.2 Å². The van der Waals surface area contributed by atoms with Crippen molar-refractivity contribution in [3.63, 3.8) is 0 Å². The van der Waals surface area contributed by atoms with Gasteiger partial charge in [-0.15, -0.1) is 0 Å². The maximum Gasteiger partial charge on any atom is 0.128 e. The third-order valence-corrected chi connectivity index (χ3v) is 7.15. The Hall–Kier alpha value is -4.18. The van der Waals surface area contributed by atoms with Crippen molar-refractivity contribution < 1.29 is 5.11 Å². The summed E-state index contributed by atoms with van der Waals surface area (Å²) in [7, 11) is 1.89. The first kappa shape index (κ1) is 23.2. The van der Waals surface area contributed by atoms with E-state index in [-0.39, 0.29) is 0 Å². The summed E-state index contributed by atoms with van der Waals surface area (Å²) in [5.74, 6) is 7.00. The van der Waals surface area contributed by atoms with Crippen LogP contribution in [0.25, 0.3) is 27.8 Å². The monoisotopic (exact) mass is 492 g/mol. The summed E-state index contributed by atoms with van der Waals surface area (Å²) in [6.45, 7) is 5.93. The van der Waals surface area contributed by atoms with Crippen LogP contribution in [0.2, 0.25) is 0 Å². The highest BCUT2D eigenvalue weighted by molar-refractivity contribution is 5.87. The van der Waals surface area contributed by atoms with Crippen LogP contribution in [0.15, 0.2) is 49.2 Å². The average molecular weight is 493 g/mol. The standard InChI is InChI=1S/C28H28N8O/c1-28(2,37)7-4-8-35-23-10-24(35)18-34(17-23)26-6-5-19(12-30-26)25-9-20(22-14-31-33(3)15-22)16-36-27(25)21(11-29)13-32-36/h5-6,9,12-16,23-24,37H,8,10,17-18H2,1-3H3. The van der Waals surface area contributed by atoms with E-state index >= 15 is 0 Å². The molecule has 0 saturated carbocycles. The first-order valence-corrected chi connectivity index (χ1v) is 12.4. The molecule has 3 aliphatic heterocycles. The van der Waals surface area contributed by atoms with Gasteiger partial charge in [0.15, 0.2) is 0 Å². The number of aryl methyl sites for hydroxylation is 1. The largest absolute Gasteiger partial charge is 0.378 e. The van der Waals surface area contributed by atoms with E-state index in [1.807, 2.05) is 31.8 Å². The van der Waals surface area contributed by atoms with E-state index in [0.717, 1.165) is 46.7 Å². The zero-order chi connectivity index (χ0) is 25.7. The number of hydrogen-bond donors (Lipinski definition) is 1. The van der Waals surface area contributed by atoms with Gasteiger partial charge in [0, 0.05) is 73.1 Å². The molecule has 7 rings (SSSR count). The molecule has 2 bridgehead atoms. The van der Waals surface area contributed by atoms with Gasteiger partial charge in [-0.3, -0.25) is 9.58 Å². The second kappa shape index (κ2) is 8.74. The smallest absolute Gasteiger partial charge is 0.128 e. The predicted molar refractivity (Wildman–Crippen MR) is 141 cm³/mol. The molecule has 2 atom stereocenters. The van der Waals surface area contributed by atoms with Crippen LogP contribution in [0.3, 0.4) is 0 Å². The molecule has 3 aliphatic rings. The number of pyridine rings is 2. The molecule has 0 radical (unpaired) electrons. The van der Waals surface area contributed by atoms with Gasteiger partial charge in [-0.1, -0.05) is 11.8 Å². The van der Waals surface area contributed by atoms with E-state index in [1.165, 1.54) is 6.42 Å². The Labute approximate surface area is 215 Å². The highest BCUT2D eigenvalue weighted by Gasteiger charge is 2.44. The third kappa shape index (κ3) is 4.33. The summed E-state index contributed by atoms with van der Waals surface area (Å²) < 4.78 is 3.53. The quantitative estimate of drug-likeness (QED) is 0.438. The van der Waals surface area contributed by atoms with Crippen molar-refractivity contribution in [1.82, 2.24) is 29.3 Å². The van der Waals surface area contributed by atoms with Gasteiger partial charge in [-0.2, -0.15) is 15.5 Å². The normalized spacial score (nSPS) is 19.3. The Bertz CT molecular complexity index is 1560. The number of aromatic nitrogens is 5. The summed E-state index contributed by atoms with van der Waals surface area (Å²) in [6.07, 6.45) is 10.4. The summed E-state index contributed by atoms with van der Waals surface area (Å²) in [5.41, 5.74) is 4.14. The van der Waals surface area contributed by atoms with Gasteiger partial charge in [0.05, 0.1) is 30.0 Å². The minimum absolute atomic E-state index is 0.456. The van der Waals surface area contributed by atoms with Crippen LogP contribution >= 0.6 is 0 Å². The molecule has 0 amide bonds. The Kier molecular flexibility index (Phi) is 5.49. The maximum atomic E-state index is 9.84. The molecule has 3 saturated heterocycles. The lowest BCUT2D eigenvalue weighted by Gasteiger charge is -2.56. The van der Waals surface area contributed by atoms with E-state index in [1.54, 1.807) is 29.2 Å². The van der Waals surface area contributed by atoms with Crippen LogP contribution in [0.4, 0.5) is 5.82 Å². The lowest BCUT2D eigenvalue weighted by Crippen LogP contribution is -2.68. The zero-order valence-corrected chi connectivity index (χ0v) is 21.1. The number of nitriles is 1. The number of aliphatic hydroxyl groups is 1. The Morgan fingerprint density at radius 2 is 1.86 bits per heavy atom. The highest BCUT2D eigenvalue weighted by Crippen LogP contribution is 2.35. The molecule has 0 aliphatic carbocycles. The lowest BCUT2D eigenvalue weighted by atomic mass is 9.87. The lowest BCUT2D eigenvalue weighted by molar-refractivity contribution is 0.0123. The van der Waals surface area contributed by atoms with E-state index in [4.69, 9.17) is 4.98 Å². The molecular formula is C28H28N8O. The van der Waals surface area contributed by atoms with Crippen LogP contribution in [0.5, 0.6) is 0 Å². The fourth-order valence-corrected chi connectivity index (χ4v) is 5.36. The van der Waals surface area contributed by atoms with Gasteiger partial charge < -0.3 is 10.0 Å². The van der Waals surface area contributed by atoms with Crippen molar-refractivity contribution in [2.45, 2.75) is 38.0 Å². The Morgan fingerprint density at radius 3 is 2.51 bits per heavy atom. The SMILES string of the molecule is Cn1cc(-c2cc(-c3ccc(N4CC5CC(C4)N5CC#CC(C)(C)O)nc3)c3c(C#N)cnn3c2)cn1. The summed E-state index contributed by atoms with van der Waals surface area (Å²) in [6, 6.07) is 9.39. The molecule has 186 valence electrons. The van der Waals surface area contributed by atoms with Gasteiger partial charge >= 0.3 is 0 Å². The number of anilines is 1. The minimum atomic E-state index is -0.953. The second-order valence-electron chi connectivity index (χ2n) is 10.4. The Morgan fingerprint density at radius 1 is 1.05 bits per heavy atom. The van der Waals surface area contributed by atoms with Crippen molar-refractivity contribution >= 4 is 11.3 Å². The second-order valence-corrected chi connectivity index (χ2v) is 10.4. The van der Waals surface area contributed by atoms with Crippen molar-refractivity contribution in [1.29, 1.82) is 5.26 Å². The van der Waals surface area contributed by atoms with Crippen LogP contribution in [-0.4, -0.2) is 71.7 Å². The maximum absolute atomic E-state index is 9.84. The summed E-state index contributed by atoms with van der Waals surface area (Å²) in [4.78, 5) is 9.58. The minimum Gasteiger partial charge on any atom is -0.378 e. The van der Waals surface area contributed by atoms with Crippen LogP contribution in [0, 0.1) is 23.2 Å². The molecule has 3 fully saturated rings. The van der Waals surface area contributed by atoms with Gasteiger partial charge in [0.25, 0.3) is 0 Å². The molecular weight excluding hydrogens is 464 g/mol. The fraction of sp³-hybridized carbons (Fsp3) is 0.357. The number of rotatable bonds is 4. The van der Waals surface area contributed by atoms with Crippen molar-refractivity contribution in [2.75, 3.05) is 24.5 Å². The zero-order valence-electron chi connectivity index (χ0n) is 21.1. The van der Waals surface area contributed by atoms with Crippen LogP contribution in [-0.2, 0) is 7.05 Å². The molecule has 1 N–H and O–H groups in total. The molecule has 0 spiro atoms. The van der Waals surface area contributed by atoms with Gasteiger partial charge in [0.2, 0.25) is 0 Å². The summed E-state index contributed by atoms with van der Waals surface area (Å²) >= 11 is 0. The van der Waals surface area contributed by atoms with Gasteiger partial charge in [-0.25, -0.2) is 9.50 Å². The Balaban J connectivity index is 1.25. The number of fused-ring (bicyclic) bond motifs is 3. The first-order chi connectivity index (χ1) is 17.8. The van der Waals surface area contributed by atoms with Crippen LogP contribution < -0.4 is 4.90 Å². The first-order valence-electron chi connectivity index (χ1n) is 12.4. The van der Waals surface area contributed by atoms with Crippen molar-refractivity contribution in [3.05, 3.63) is 54.7 Å². The van der Waals surface area contributed by atoms with E-state index in [2.05, 4.69) is 56.1 Å². The van der Waals surface area contributed by atoms with E-state index in [9.17, 15) is 10.4 Å². The predicted octanol–water partition coefficient (Wildman–Crippen LogP) is 2.71. The fourth-order valence-electron chi connectivity index (χ4n) is 5.36. The van der Waals surface area contributed by atoms with Gasteiger partial charge in [0.1, 0.15) is 17.5 Å². The molecule has 7 heterocycles. The summed E-state index contributed by atoms with van der Waals surface area (Å²) in [5, 5.41) is 28.2. The topological polar surface area (TPSA) is 98.5 Å². The highest BCUT2D eigenvalue weighted by atomic mass is 16.3. The number of hydrogen-bond acceptors (Lipinski definition) is 7. The molecule has 4 aromatic rings. The molecule has 4 aromatic heterocycles. The third-order valence-electron chi connectivity index (χ3n) is 7.15. The molecule has 0 aromatic carbocycles. The molecule has 9 nitrogen and oxygen atoms in total. The number of piperidine rings is 1. The van der Waals surface area contributed by atoms with E-state index < -0.39 is 5.60 Å². The van der Waals surface area contributed by atoms with Gasteiger partial charge in [-0.05, 0) is 38.5 Å². The number of nitrogens with zero attached hydrogens (tertiary/aromatic N) is 8. The van der Waals surface area contributed by atoms with Crippen LogP contribution in [0.1, 0.15) is 25.8 Å². The van der Waals surface area contributed by atoms with E-state index in [0.29, 0.717) is 24.2 Å².